The minimum atomic E-state index is -2.90. The number of aryl methyl sites for hydroxylation is 4. The Kier molecular flexibility index (Phi) is 5.81. The Balaban J connectivity index is 2.36. The normalized spacial score (nSPS) is 12.2. The maximum Gasteiger partial charge on any atom is 0.618 e. The number of benzene rings is 2. The molecule has 0 radical (unpaired) electrons. The highest BCUT2D eigenvalue weighted by Crippen LogP contribution is 2.29. The molecular weight excluding hydrogens is 344 g/mol. The first-order chi connectivity index (χ1) is 11.5. The Morgan fingerprint density at radius 2 is 1.04 bits per heavy atom. The maximum absolute atomic E-state index is 6.44. The topological polar surface area (TPSA) is 27.7 Å². The van der Waals surface area contributed by atoms with Crippen molar-refractivity contribution < 1.29 is 13.0 Å². The van der Waals surface area contributed by atoms with Gasteiger partial charge in [-0.15, -0.1) is 0 Å². The average Bonchev–Trinajstić information content (AvgIpc) is 2.43. The lowest BCUT2D eigenvalue weighted by Gasteiger charge is -2.33. The van der Waals surface area contributed by atoms with Gasteiger partial charge in [0.25, 0.3) is 0 Å². The van der Waals surface area contributed by atoms with Crippen LogP contribution in [0.4, 0.5) is 0 Å². The summed E-state index contributed by atoms with van der Waals surface area (Å²) in [6.07, 6.45) is 0. The van der Waals surface area contributed by atoms with Gasteiger partial charge in [0, 0.05) is 6.55 Å². The highest BCUT2D eigenvalue weighted by atomic mass is 28.5. The Labute approximate surface area is 154 Å². The molecule has 136 valence electrons. The number of rotatable bonds is 6. The number of hydrogen-bond acceptors (Lipinski definition) is 3. The molecule has 0 bridgehead atoms. The summed E-state index contributed by atoms with van der Waals surface area (Å²) < 4.78 is 19.2. The van der Waals surface area contributed by atoms with Gasteiger partial charge >= 0.3 is 8.80 Å². The van der Waals surface area contributed by atoms with E-state index >= 15 is 0 Å². The summed E-state index contributed by atoms with van der Waals surface area (Å²) in [4.78, 5) is 0. The molecule has 2 aromatic carbocycles. The van der Waals surface area contributed by atoms with Crippen molar-refractivity contribution in [3.05, 3.63) is 58.7 Å². The standard InChI is InChI=1S/C20H30O3Si2/c1-15-9-11-19(17(3)13-15)21-25(8,23-24(5,6)7)22-20-12-10-16(2)14-18(20)4/h9-14H,1-8H3. The van der Waals surface area contributed by atoms with Crippen LogP contribution in [-0.2, 0) is 4.12 Å². The van der Waals surface area contributed by atoms with Gasteiger partial charge in [0.05, 0.1) is 0 Å². The van der Waals surface area contributed by atoms with Crippen LogP contribution in [0.1, 0.15) is 22.3 Å². The van der Waals surface area contributed by atoms with Crippen LogP contribution >= 0.6 is 0 Å². The molecule has 0 heterocycles. The smallest absolute Gasteiger partial charge is 0.492 e. The van der Waals surface area contributed by atoms with E-state index < -0.39 is 17.1 Å². The quantitative estimate of drug-likeness (QED) is 0.598. The van der Waals surface area contributed by atoms with Gasteiger partial charge in [-0.25, -0.2) is 0 Å². The van der Waals surface area contributed by atoms with Crippen molar-refractivity contribution in [2.75, 3.05) is 0 Å². The van der Waals surface area contributed by atoms with Crippen molar-refractivity contribution in [2.45, 2.75) is 53.9 Å². The van der Waals surface area contributed by atoms with Crippen LogP contribution in [0.15, 0.2) is 36.4 Å². The molecule has 2 aromatic rings. The second-order valence-electron chi connectivity index (χ2n) is 7.82. The van der Waals surface area contributed by atoms with Gasteiger partial charge in [-0.3, -0.25) is 0 Å². The molecule has 0 aliphatic carbocycles. The van der Waals surface area contributed by atoms with Crippen molar-refractivity contribution in [1.29, 1.82) is 0 Å². The molecule has 0 saturated carbocycles. The van der Waals surface area contributed by atoms with Crippen LogP contribution in [0.25, 0.3) is 0 Å². The van der Waals surface area contributed by atoms with E-state index in [0.717, 1.165) is 22.6 Å². The Bertz CT molecular complexity index is 698. The van der Waals surface area contributed by atoms with Gasteiger partial charge < -0.3 is 13.0 Å². The zero-order valence-corrected chi connectivity index (χ0v) is 18.7. The Morgan fingerprint density at radius 3 is 1.36 bits per heavy atom. The van der Waals surface area contributed by atoms with Crippen molar-refractivity contribution in [2.24, 2.45) is 0 Å². The SMILES string of the molecule is Cc1ccc(O[Si](C)(Oc2ccc(C)cc2C)O[Si](C)(C)C)c(C)c1. The first-order valence-corrected chi connectivity index (χ1v) is 14.3. The van der Waals surface area contributed by atoms with Crippen LogP contribution in [0.5, 0.6) is 11.5 Å². The fraction of sp³-hybridized carbons (Fsp3) is 0.400. The van der Waals surface area contributed by atoms with Crippen LogP contribution in [-0.4, -0.2) is 17.1 Å². The first-order valence-electron chi connectivity index (χ1n) is 8.70. The largest absolute Gasteiger partial charge is 0.618 e. The van der Waals surface area contributed by atoms with Crippen molar-refractivity contribution >= 4 is 17.1 Å². The van der Waals surface area contributed by atoms with Gasteiger partial charge in [0.2, 0.25) is 0 Å². The summed E-state index contributed by atoms with van der Waals surface area (Å²) in [6, 6.07) is 12.4. The predicted octanol–water partition coefficient (Wildman–Crippen LogP) is 5.80. The maximum atomic E-state index is 6.44. The molecule has 25 heavy (non-hydrogen) atoms. The summed E-state index contributed by atoms with van der Waals surface area (Å²) in [7, 11) is -4.75. The summed E-state index contributed by atoms with van der Waals surface area (Å²) in [6.45, 7) is 16.8. The molecule has 0 aliphatic heterocycles. The van der Waals surface area contributed by atoms with Gasteiger partial charge in [0.1, 0.15) is 11.5 Å². The van der Waals surface area contributed by atoms with E-state index in [-0.39, 0.29) is 0 Å². The molecular formula is C20H30O3Si2. The van der Waals surface area contributed by atoms with Crippen molar-refractivity contribution in [3.8, 4) is 11.5 Å². The molecule has 0 spiro atoms. The van der Waals surface area contributed by atoms with Crippen LogP contribution in [0, 0.1) is 27.7 Å². The van der Waals surface area contributed by atoms with E-state index in [2.05, 4.69) is 71.6 Å². The molecule has 0 aliphatic rings. The third-order valence-corrected chi connectivity index (χ3v) is 8.86. The predicted molar refractivity (Wildman–Crippen MR) is 109 cm³/mol. The fourth-order valence-corrected chi connectivity index (χ4v) is 8.93. The molecule has 0 fully saturated rings. The van der Waals surface area contributed by atoms with E-state index in [0.29, 0.717) is 0 Å². The Morgan fingerprint density at radius 1 is 0.640 bits per heavy atom. The Hall–Kier alpha value is -1.57. The van der Waals surface area contributed by atoms with E-state index in [1.165, 1.54) is 11.1 Å². The van der Waals surface area contributed by atoms with E-state index in [1.54, 1.807) is 0 Å². The molecule has 3 nitrogen and oxygen atoms in total. The van der Waals surface area contributed by atoms with Crippen LogP contribution in [0.2, 0.25) is 26.2 Å². The minimum Gasteiger partial charge on any atom is -0.492 e. The summed E-state index contributed by atoms with van der Waals surface area (Å²) in [5.74, 6) is 1.67. The third kappa shape index (κ3) is 5.73. The molecule has 2 rings (SSSR count). The van der Waals surface area contributed by atoms with Crippen molar-refractivity contribution in [3.63, 3.8) is 0 Å². The second kappa shape index (κ2) is 7.35. The average molecular weight is 375 g/mol. The van der Waals surface area contributed by atoms with Gasteiger partial charge in [0.15, 0.2) is 8.32 Å². The molecule has 5 heteroatoms. The van der Waals surface area contributed by atoms with E-state index in [1.807, 2.05) is 18.7 Å². The molecule has 0 aromatic heterocycles. The van der Waals surface area contributed by atoms with Crippen molar-refractivity contribution in [1.82, 2.24) is 0 Å². The van der Waals surface area contributed by atoms with E-state index in [4.69, 9.17) is 13.0 Å². The molecule has 0 atom stereocenters. The minimum absolute atomic E-state index is 0.836. The third-order valence-electron chi connectivity index (χ3n) is 3.74. The highest BCUT2D eigenvalue weighted by Gasteiger charge is 2.44. The second-order valence-corrected chi connectivity index (χ2v) is 15.0. The monoisotopic (exact) mass is 374 g/mol. The lowest BCUT2D eigenvalue weighted by atomic mass is 10.1. The zero-order chi connectivity index (χ0) is 18.8. The van der Waals surface area contributed by atoms with Gasteiger partial charge in [-0.05, 0) is 70.6 Å². The summed E-state index contributed by atoms with van der Waals surface area (Å²) >= 11 is 0. The lowest BCUT2D eigenvalue weighted by Crippen LogP contribution is -2.55. The van der Waals surface area contributed by atoms with Crippen LogP contribution < -0.4 is 8.85 Å². The number of hydrogen-bond donors (Lipinski definition) is 0. The molecule has 0 saturated heterocycles. The molecule has 0 unspecified atom stereocenters. The lowest BCUT2D eigenvalue weighted by molar-refractivity contribution is 0.267. The fourth-order valence-electron chi connectivity index (χ4n) is 2.85. The summed E-state index contributed by atoms with van der Waals surface area (Å²) in [5, 5.41) is 0. The van der Waals surface area contributed by atoms with E-state index in [9.17, 15) is 0 Å². The van der Waals surface area contributed by atoms with Gasteiger partial charge in [-0.2, -0.15) is 0 Å². The van der Waals surface area contributed by atoms with Gasteiger partial charge in [-0.1, -0.05) is 35.4 Å². The zero-order valence-electron chi connectivity index (χ0n) is 16.7. The first kappa shape index (κ1) is 19.8. The highest BCUT2D eigenvalue weighted by molar-refractivity contribution is 6.80. The summed E-state index contributed by atoms with van der Waals surface area (Å²) in [5.41, 5.74) is 4.63. The van der Waals surface area contributed by atoms with Crippen LogP contribution in [0.3, 0.4) is 0 Å². The molecule has 0 amide bonds. The molecule has 0 N–H and O–H groups in total.